The van der Waals surface area contributed by atoms with Gasteiger partial charge in [0.15, 0.2) is 0 Å². The fourth-order valence-electron chi connectivity index (χ4n) is 9.35. The summed E-state index contributed by atoms with van der Waals surface area (Å²) in [6, 6.07) is 78.8. The minimum absolute atomic E-state index is 0.873. The SMILES string of the molecule is c1cc(-c2cccc3ccccc23)cc(N(c2ccccc2-c2cccc3oc4cc5ccccc5cc4c23)c2ccccc2-n2c3ccccc3c3ccccc32)c1. The third-order valence-corrected chi connectivity index (χ3v) is 11.9. The minimum Gasteiger partial charge on any atom is -0.456 e. The molecule has 0 atom stereocenters. The summed E-state index contributed by atoms with van der Waals surface area (Å²) in [5.74, 6) is 0. The third-order valence-electron chi connectivity index (χ3n) is 11.9. The number of nitrogens with zero attached hydrogens (tertiary/aromatic N) is 2. The van der Waals surface area contributed by atoms with Gasteiger partial charge in [0.05, 0.1) is 28.1 Å². The molecule has 12 rings (SSSR count). The van der Waals surface area contributed by atoms with Crippen molar-refractivity contribution in [3.05, 3.63) is 218 Å². The molecule has 0 fully saturated rings. The highest BCUT2D eigenvalue weighted by atomic mass is 16.3. The highest BCUT2D eigenvalue weighted by Gasteiger charge is 2.24. The zero-order valence-electron chi connectivity index (χ0n) is 32.1. The van der Waals surface area contributed by atoms with Crippen molar-refractivity contribution in [1.82, 2.24) is 4.57 Å². The lowest BCUT2D eigenvalue weighted by molar-refractivity contribution is 0.669. The van der Waals surface area contributed by atoms with Gasteiger partial charge in [-0.25, -0.2) is 0 Å². The van der Waals surface area contributed by atoms with E-state index in [1.807, 2.05) is 0 Å². The Labute approximate surface area is 341 Å². The maximum absolute atomic E-state index is 6.63. The van der Waals surface area contributed by atoms with Gasteiger partial charge in [0.25, 0.3) is 0 Å². The van der Waals surface area contributed by atoms with E-state index in [1.165, 1.54) is 48.9 Å². The van der Waals surface area contributed by atoms with Gasteiger partial charge >= 0.3 is 0 Å². The van der Waals surface area contributed by atoms with Crippen LogP contribution in [0.3, 0.4) is 0 Å². The molecular formula is C56H36N2O. The summed E-state index contributed by atoms with van der Waals surface area (Å²) in [5.41, 5.74) is 13.0. The molecule has 0 N–H and O–H groups in total. The second-order valence-corrected chi connectivity index (χ2v) is 15.3. The summed E-state index contributed by atoms with van der Waals surface area (Å²) >= 11 is 0. The van der Waals surface area contributed by atoms with Crippen molar-refractivity contribution in [2.75, 3.05) is 4.90 Å². The topological polar surface area (TPSA) is 21.3 Å². The normalized spacial score (nSPS) is 11.7. The molecule has 0 spiro atoms. The average molecular weight is 753 g/mol. The molecule has 276 valence electrons. The van der Waals surface area contributed by atoms with Gasteiger partial charge in [-0.1, -0.05) is 158 Å². The predicted molar refractivity (Wildman–Crippen MR) is 249 cm³/mol. The van der Waals surface area contributed by atoms with Crippen LogP contribution >= 0.6 is 0 Å². The van der Waals surface area contributed by atoms with Crippen molar-refractivity contribution in [2.24, 2.45) is 0 Å². The van der Waals surface area contributed by atoms with Gasteiger partial charge in [-0.3, -0.25) is 0 Å². The third kappa shape index (κ3) is 5.29. The van der Waals surface area contributed by atoms with Gasteiger partial charge < -0.3 is 13.9 Å². The van der Waals surface area contributed by atoms with Crippen molar-refractivity contribution in [3.8, 4) is 27.9 Å². The summed E-state index contributed by atoms with van der Waals surface area (Å²) in [5, 5.41) is 9.50. The van der Waals surface area contributed by atoms with Crippen molar-refractivity contribution in [2.45, 2.75) is 0 Å². The number of hydrogen-bond acceptors (Lipinski definition) is 2. The molecule has 2 aromatic heterocycles. The van der Waals surface area contributed by atoms with Gasteiger partial charge in [-0.2, -0.15) is 0 Å². The molecule has 3 heteroatoms. The Balaban J connectivity index is 1.15. The maximum atomic E-state index is 6.63. The lowest BCUT2D eigenvalue weighted by Crippen LogP contribution is -2.14. The van der Waals surface area contributed by atoms with E-state index in [4.69, 9.17) is 4.42 Å². The fraction of sp³-hybridized carbons (Fsp3) is 0. The maximum Gasteiger partial charge on any atom is 0.136 e. The van der Waals surface area contributed by atoms with E-state index in [-0.39, 0.29) is 0 Å². The number of hydrogen-bond donors (Lipinski definition) is 0. The number of anilines is 3. The monoisotopic (exact) mass is 752 g/mol. The molecule has 0 unspecified atom stereocenters. The second kappa shape index (κ2) is 13.4. The first-order valence-electron chi connectivity index (χ1n) is 20.2. The first-order valence-corrected chi connectivity index (χ1v) is 20.2. The van der Waals surface area contributed by atoms with Gasteiger partial charge in [0, 0.05) is 32.8 Å². The van der Waals surface area contributed by atoms with Gasteiger partial charge in [-0.15, -0.1) is 0 Å². The second-order valence-electron chi connectivity index (χ2n) is 15.3. The molecule has 59 heavy (non-hydrogen) atoms. The highest BCUT2D eigenvalue weighted by Crippen LogP contribution is 2.48. The van der Waals surface area contributed by atoms with Crippen molar-refractivity contribution in [3.63, 3.8) is 0 Å². The van der Waals surface area contributed by atoms with E-state index in [0.29, 0.717) is 0 Å². The number of furan rings is 1. The summed E-state index contributed by atoms with van der Waals surface area (Å²) in [7, 11) is 0. The van der Waals surface area contributed by atoms with E-state index in [1.54, 1.807) is 0 Å². The van der Waals surface area contributed by atoms with E-state index in [2.05, 4.69) is 228 Å². The molecule has 0 bridgehead atoms. The Morgan fingerprint density at radius 1 is 0.356 bits per heavy atom. The number of aromatic nitrogens is 1. The molecule has 12 aromatic rings. The van der Waals surface area contributed by atoms with E-state index in [9.17, 15) is 0 Å². The Hall–Kier alpha value is -7.88. The van der Waals surface area contributed by atoms with Crippen LogP contribution in [0.15, 0.2) is 223 Å². The van der Waals surface area contributed by atoms with Crippen molar-refractivity contribution < 1.29 is 4.42 Å². The van der Waals surface area contributed by atoms with Crippen LogP contribution in [0.1, 0.15) is 0 Å². The number of fused-ring (bicyclic) bond motifs is 8. The van der Waals surface area contributed by atoms with Crippen LogP contribution in [-0.4, -0.2) is 4.57 Å². The molecule has 2 heterocycles. The van der Waals surface area contributed by atoms with Crippen LogP contribution in [-0.2, 0) is 0 Å². The number of para-hydroxylation sites is 5. The van der Waals surface area contributed by atoms with Crippen molar-refractivity contribution >= 4 is 82.4 Å². The zero-order chi connectivity index (χ0) is 38.9. The molecule has 0 amide bonds. The summed E-state index contributed by atoms with van der Waals surface area (Å²) in [4.78, 5) is 2.46. The lowest BCUT2D eigenvalue weighted by Gasteiger charge is -2.30. The molecule has 0 aliphatic carbocycles. The van der Waals surface area contributed by atoms with Crippen LogP contribution in [0.2, 0.25) is 0 Å². The highest BCUT2D eigenvalue weighted by molar-refractivity contribution is 6.17. The van der Waals surface area contributed by atoms with E-state index >= 15 is 0 Å². The van der Waals surface area contributed by atoms with E-state index < -0.39 is 0 Å². The molecule has 0 aliphatic heterocycles. The van der Waals surface area contributed by atoms with Crippen LogP contribution < -0.4 is 4.90 Å². The van der Waals surface area contributed by atoms with Crippen LogP contribution in [0.4, 0.5) is 17.1 Å². The smallest absolute Gasteiger partial charge is 0.136 e. The summed E-state index contributed by atoms with van der Waals surface area (Å²) < 4.78 is 9.06. The van der Waals surface area contributed by atoms with E-state index in [0.717, 1.165) is 61.4 Å². The lowest BCUT2D eigenvalue weighted by atomic mass is 9.95. The Morgan fingerprint density at radius 3 is 1.75 bits per heavy atom. The van der Waals surface area contributed by atoms with Crippen LogP contribution in [0, 0.1) is 0 Å². The van der Waals surface area contributed by atoms with Gasteiger partial charge in [0.2, 0.25) is 0 Å². The van der Waals surface area contributed by atoms with Crippen LogP contribution in [0.5, 0.6) is 0 Å². The molecule has 10 aromatic carbocycles. The fourth-order valence-corrected chi connectivity index (χ4v) is 9.35. The Bertz CT molecular complexity index is 3530. The largest absolute Gasteiger partial charge is 0.456 e. The number of benzene rings is 10. The Morgan fingerprint density at radius 2 is 0.932 bits per heavy atom. The molecule has 0 saturated carbocycles. The summed E-state index contributed by atoms with van der Waals surface area (Å²) in [6.07, 6.45) is 0. The van der Waals surface area contributed by atoms with Crippen LogP contribution in [0.25, 0.3) is 93.2 Å². The molecule has 0 saturated heterocycles. The number of rotatable bonds is 6. The molecule has 3 nitrogen and oxygen atoms in total. The first-order chi connectivity index (χ1) is 29.3. The molecular weight excluding hydrogens is 717 g/mol. The van der Waals surface area contributed by atoms with Gasteiger partial charge in [-0.05, 0) is 98.9 Å². The standard InChI is InChI=1S/C56H36N2O/c1-2-18-39-36-55-48(35-38(39)17-1)56-47(27-15-33-54(56)59-55)46-25-7-8-28-49(46)57(41-21-13-20-40(34-41)43-26-14-19-37-16-3-4-22-42(37)43)52-31-11-12-32-53(52)58-50-29-9-5-23-44(50)45-24-6-10-30-51(45)58/h1-36H. The van der Waals surface area contributed by atoms with Gasteiger partial charge in [0.1, 0.15) is 11.2 Å². The Kier molecular flexibility index (Phi) is 7.54. The average Bonchev–Trinajstić information content (AvgIpc) is 3.84. The quantitative estimate of drug-likeness (QED) is 0.169. The zero-order valence-corrected chi connectivity index (χ0v) is 32.1. The molecule has 0 aliphatic rings. The first kappa shape index (κ1) is 33.3. The van der Waals surface area contributed by atoms with Crippen molar-refractivity contribution in [1.29, 1.82) is 0 Å². The predicted octanol–water partition coefficient (Wildman–Crippen LogP) is 15.8. The minimum atomic E-state index is 0.873. The summed E-state index contributed by atoms with van der Waals surface area (Å²) in [6.45, 7) is 0. The molecule has 0 radical (unpaired) electrons.